The van der Waals surface area contributed by atoms with Crippen LogP contribution in [-0.2, 0) is 35.3 Å². The quantitative estimate of drug-likeness (QED) is 0.480. The first-order chi connectivity index (χ1) is 15.8. The summed E-state index contributed by atoms with van der Waals surface area (Å²) in [6.45, 7) is -0.386. The zero-order chi connectivity index (χ0) is 23.8. The van der Waals surface area contributed by atoms with Crippen molar-refractivity contribution in [2.24, 2.45) is 0 Å². The molecule has 0 radical (unpaired) electrons. The minimum absolute atomic E-state index is 0.0348. The maximum atomic E-state index is 13.1. The summed E-state index contributed by atoms with van der Waals surface area (Å²) in [5.74, 6) is -1.82. The highest BCUT2D eigenvalue weighted by molar-refractivity contribution is 8.00. The molecule has 1 aromatic carbocycles. The minimum atomic E-state index is -0.788. The van der Waals surface area contributed by atoms with Gasteiger partial charge < -0.3 is 24.8 Å². The summed E-state index contributed by atoms with van der Waals surface area (Å²) in [5.41, 5.74) is 6.97. The van der Waals surface area contributed by atoms with Gasteiger partial charge in [0.15, 0.2) is 0 Å². The lowest BCUT2D eigenvalue weighted by molar-refractivity contribution is -0.155. The maximum Gasteiger partial charge on any atom is 0.348 e. The van der Waals surface area contributed by atoms with Crippen molar-refractivity contribution in [2.75, 3.05) is 25.7 Å². The predicted molar refractivity (Wildman–Crippen MR) is 122 cm³/mol. The number of amides is 1. The molecule has 4 rings (SSSR count). The first kappa shape index (κ1) is 23.1. The van der Waals surface area contributed by atoms with Gasteiger partial charge in [0.2, 0.25) is 5.91 Å². The molecule has 0 bridgehead atoms. The average Bonchev–Trinajstić information content (AvgIpc) is 3.49. The van der Waals surface area contributed by atoms with Gasteiger partial charge in [-0.15, -0.1) is 23.1 Å². The number of carbonyl (C=O) groups excluding carboxylic acids is 4. The standard InChI is InChI=1S/C22H22N2O7S2/c1-29-20(27)16-13(17(21(28)30-2)33-18(16)23)10-31-19(26)14-11-32-22(9-8-15(25)24(14)22)12-6-4-3-5-7-12/h3-7,14H,8-11,23H2,1-2H3/t14-,22+/m0/s1. The number of nitrogens with two attached hydrogens (primary N) is 1. The van der Waals surface area contributed by atoms with Crippen molar-refractivity contribution >= 4 is 51.9 Å². The van der Waals surface area contributed by atoms with Crippen molar-refractivity contribution in [3.63, 3.8) is 0 Å². The third kappa shape index (κ3) is 3.84. The Bertz CT molecular complexity index is 1120. The predicted octanol–water partition coefficient (Wildman–Crippen LogP) is 2.54. The SMILES string of the molecule is COC(=O)c1sc(N)c(C(=O)OC)c1COC(=O)[C@@H]1CS[C@@]2(c3ccccc3)CCC(=O)N12. The number of nitrogens with zero attached hydrogens (tertiary/aromatic N) is 1. The van der Waals surface area contributed by atoms with Gasteiger partial charge in [0, 0.05) is 17.7 Å². The summed E-state index contributed by atoms with van der Waals surface area (Å²) in [5, 5.41) is 0.0579. The number of carbonyl (C=O) groups is 4. The Morgan fingerprint density at radius 2 is 1.85 bits per heavy atom. The molecule has 2 N–H and O–H groups in total. The lowest BCUT2D eigenvalue weighted by Crippen LogP contribution is -2.46. The fourth-order valence-corrected chi connectivity index (χ4v) is 6.88. The second-order valence-electron chi connectivity index (χ2n) is 7.48. The first-order valence-electron chi connectivity index (χ1n) is 10.1. The number of ether oxygens (including phenoxy) is 3. The number of anilines is 1. The van der Waals surface area contributed by atoms with E-state index < -0.39 is 28.8 Å². The molecule has 9 nitrogen and oxygen atoms in total. The molecule has 0 spiro atoms. The lowest BCUT2D eigenvalue weighted by atomic mass is 10.0. The van der Waals surface area contributed by atoms with E-state index in [1.807, 2.05) is 30.3 Å². The Morgan fingerprint density at radius 3 is 2.52 bits per heavy atom. The number of hydrogen-bond acceptors (Lipinski definition) is 10. The van der Waals surface area contributed by atoms with E-state index in [4.69, 9.17) is 19.9 Å². The Hall–Kier alpha value is -3.05. The second kappa shape index (κ2) is 9.06. The van der Waals surface area contributed by atoms with E-state index in [1.54, 1.807) is 16.7 Å². The Morgan fingerprint density at radius 1 is 1.15 bits per heavy atom. The van der Waals surface area contributed by atoms with Gasteiger partial charge in [-0.3, -0.25) is 4.79 Å². The third-order valence-corrected chi connectivity index (χ3v) is 8.42. The zero-order valence-corrected chi connectivity index (χ0v) is 19.6. The summed E-state index contributed by atoms with van der Waals surface area (Å²) < 4.78 is 15.1. The fourth-order valence-electron chi connectivity index (χ4n) is 4.26. The van der Waals surface area contributed by atoms with Gasteiger partial charge in [0.05, 0.1) is 14.2 Å². The highest BCUT2D eigenvalue weighted by Gasteiger charge is 2.57. The van der Waals surface area contributed by atoms with E-state index in [2.05, 4.69) is 0 Å². The summed E-state index contributed by atoms with van der Waals surface area (Å²) in [6, 6.07) is 8.82. The van der Waals surface area contributed by atoms with Crippen LogP contribution < -0.4 is 5.73 Å². The van der Waals surface area contributed by atoms with Crippen molar-refractivity contribution in [3.05, 3.63) is 51.9 Å². The Kier molecular flexibility index (Phi) is 6.35. The van der Waals surface area contributed by atoms with E-state index in [1.165, 1.54) is 14.2 Å². The normalized spacial score (nSPS) is 21.6. The number of rotatable bonds is 6. The monoisotopic (exact) mass is 490 g/mol. The van der Waals surface area contributed by atoms with Crippen LogP contribution in [0.3, 0.4) is 0 Å². The van der Waals surface area contributed by atoms with Gasteiger partial charge in [0.1, 0.15) is 33.0 Å². The molecule has 0 saturated carbocycles. The molecular weight excluding hydrogens is 468 g/mol. The number of benzene rings is 1. The lowest BCUT2D eigenvalue weighted by Gasteiger charge is -2.33. The van der Waals surface area contributed by atoms with E-state index in [0.717, 1.165) is 16.9 Å². The molecule has 33 heavy (non-hydrogen) atoms. The summed E-state index contributed by atoms with van der Waals surface area (Å²) in [4.78, 5) is 51.3. The Balaban J connectivity index is 1.59. The van der Waals surface area contributed by atoms with Crippen LogP contribution in [0, 0.1) is 0 Å². The van der Waals surface area contributed by atoms with Crippen LogP contribution in [0.5, 0.6) is 0 Å². The number of methoxy groups -OCH3 is 2. The second-order valence-corrected chi connectivity index (χ2v) is 9.83. The van der Waals surface area contributed by atoms with Crippen molar-refractivity contribution in [1.29, 1.82) is 0 Å². The maximum absolute atomic E-state index is 13.1. The molecule has 2 fully saturated rings. The molecule has 2 aliphatic heterocycles. The van der Waals surface area contributed by atoms with Gasteiger partial charge in [-0.1, -0.05) is 30.3 Å². The number of hydrogen-bond donors (Lipinski definition) is 1. The number of thioether (sulfide) groups is 1. The molecule has 3 heterocycles. The molecule has 0 unspecified atom stereocenters. The van der Waals surface area contributed by atoms with Crippen LogP contribution in [0.15, 0.2) is 30.3 Å². The number of fused-ring (bicyclic) bond motifs is 1. The molecule has 2 saturated heterocycles. The highest BCUT2D eigenvalue weighted by atomic mass is 32.2. The van der Waals surface area contributed by atoms with Gasteiger partial charge in [0.25, 0.3) is 0 Å². The molecular formula is C22H22N2O7S2. The van der Waals surface area contributed by atoms with Crippen LogP contribution in [0.1, 0.15) is 44.0 Å². The molecule has 1 amide bonds. The van der Waals surface area contributed by atoms with Gasteiger partial charge in [-0.2, -0.15) is 0 Å². The van der Waals surface area contributed by atoms with Crippen molar-refractivity contribution in [3.8, 4) is 0 Å². The number of nitrogen functional groups attached to an aromatic ring is 1. The average molecular weight is 491 g/mol. The van der Waals surface area contributed by atoms with Crippen LogP contribution in [0.2, 0.25) is 0 Å². The van der Waals surface area contributed by atoms with Gasteiger partial charge >= 0.3 is 17.9 Å². The third-order valence-electron chi connectivity index (χ3n) is 5.78. The molecule has 1 aromatic heterocycles. The van der Waals surface area contributed by atoms with Crippen LogP contribution >= 0.6 is 23.1 Å². The first-order valence-corrected chi connectivity index (χ1v) is 11.9. The van der Waals surface area contributed by atoms with Crippen LogP contribution in [-0.4, -0.2) is 54.7 Å². The summed E-state index contributed by atoms with van der Waals surface area (Å²) >= 11 is 2.40. The van der Waals surface area contributed by atoms with Crippen LogP contribution in [0.25, 0.3) is 0 Å². The van der Waals surface area contributed by atoms with E-state index in [0.29, 0.717) is 18.6 Å². The molecule has 11 heteroatoms. The van der Waals surface area contributed by atoms with E-state index >= 15 is 0 Å². The van der Waals surface area contributed by atoms with Gasteiger partial charge in [-0.25, -0.2) is 14.4 Å². The fraction of sp³-hybridized carbons (Fsp3) is 0.364. The topological polar surface area (TPSA) is 125 Å². The molecule has 2 atom stereocenters. The molecule has 174 valence electrons. The smallest absolute Gasteiger partial charge is 0.348 e. The molecule has 0 aliphatic carbocycles. The number of esters is 3. The summed E-state index contributed by atoms with van der Waals surface area (Å²) in [7, 11) is 2.38. The van der Waals surface area contributed by atoms with E-state index in [-0.39, 0.29) is 33.5 Å². The summed E-state index contributed by atoms with van der Waals surface area (Å²) in [6.07, 6.45) is 0.941. The largest absolute Gasteiger partial charge is 0.465 e. The minimum Gasteiger partial charge on any atom is -0.465 e. The van der Waals surface area contributed by atoms with Crippen LogP contribution in [0.4, 0.5) is 5.00 Å². The van der Waals surface area contributed by atoms with Crippen molar-refractivity contribution in [2.45, 2.75) is 30.4 Å². The molecule has 2 aliphatic rings. The Labute approximate surface area is 198 Å². The van der Waals surface area contributed by atoms with Crippen molar-refractivity contribution in [1.82, 2.24) is 4.90 Å². The molecule has 2 aromatic rings. The van der Waals surface area contributed by atoms with Gasteiger partial charge in [-0.05, 0) is 12.0 Å². The number of thiophene rings is 1. The highest BCUT2D eigenvalue weighted by Crippen LogP contribution is 2.54. The van der Waals surface area contributed by atoms with E-state index in [9.17, 15) is 19.2 Å². The zero-order valence-electron chi connectivity index (χ0n) is 18.0. The van der Waals surface area contributed by atoms with Crippen molar-refractivity contribution < 1.29 is 33.4 Å².